The molecule has 1 fully saturated rings. The van der Waals surface area contributed by atoms with Crippen molar-refractivity contribution in [1.82, 2.24) is 9.88 Å². The number of nitrogens with one attached hydrogen (secondary N) is 1. The number of aromatic nitrogens is 1. The molecule has 0 unspecified atom stereocenters. The molecular formula is C19H11N3O2S. The molecule has 0 atom stereocenters. The molecule has 1 aliphatic heterocycles. The Morgan fingerprint density at radius 1 is 1.08 bits per heavy atom. The monoisotopic (exact) mass is 345 g/mol. The van der Waals surface area contributed by atoms with Crippen molar-refractivity contribution in [3.8, 4) is 11.8 Å². The van der Waals surface area contributed by atoms with Crippen LogP contribution in [-0.2, 0) is 4.79 Å². The smallest absolute Gasteiger partial charge is 0.290 e. The van der Waals surface area contributed by atoms with Crippen LogP contribution >= 0.6 is 11.8 Å². The van der Waals surface area contributed by atoms with Crippen LogP contribution in [0, 0.1) is 11.3 Å². The molecule has 1 saturated heterocycles. The molecule has 5 nitrogen and oxygen atoms in total. The number of nitrogens with zero attached hydrogens (tertiary/aromatic N) is 2. The molecule has 2 amide bonds. The second kappa shape index (κ2) is 5.96. The summed E-state index contributed by atoms with van der Waals surface area (Å²) < 4.78 is 2.02. The van der Waals surface area contributed by atoms with Gasteiger partial charge in [-0.1, -0.05) is 12.1 Å². The maximum Gasteiger partial charge on any atom is 0.290 e. The fraction of sp³-hybridized carbons (Fsp3) is 0. The van der Waals surface area contributed by atoms with E-state index in [1.54, 1.807) is 18.2 Å². The number of hydrogen-bond acceptors (Lipinski definition) is 4. The van der Waals surface area contributed by atoms with Gasteiger partial charge in [-0.3, -0.25) is 14.9 Å². The summed E-state index contributed by atoms with van der Waals surface area (Å²) in [4.78, 5) is 23.5. The van der Waals surface area contributed by atoms with Gasteiger partial charge in [0, 0.05) is 17.3 Å². The molecule has 2 heterocycles. The second-order valence-corrected chi connectivity index (χ2v) is 6.49. The van der Waals surface area contributed by atoms with Crippen molar-refractivity contribution < 1.29 is 9.59 Å². The van der Waals surface area contributed by atoms with Gasteiger partial charge in [0.05, 0.1) is 22.1 Å². The maximum atomic E-state index is 11.8. The lowest BCUT2D eigenvalue weighted by atomic mass is 10.1. The van der Waals surface area contributed by atoms with Gasteiger partial charge >= 0.3 is 0 Å². The molecule has 1 aromatic heterocycles. The van der Waals surface area contributed by atoms with Crippen LogP contribution in [0.4, 0.5) is 4.79 Å². The lowest BCUT2D eigenvalue weighted by Crippen LogP contribution is -2.17. The molecule has 2 aromatic carbocycles. The van der Waals surface area contributed by atoms with Crippen molar-refractivity contribution in [1.29, 1.82) is 5.26 Å². The third kappa shape index (κ3) is 2.71. The van der Waals surface area contributed by atoms with Crippen molar-refractivity contribution in [2.45, 2.75) is 0 Å². The predicted molar refractivity (Wildman–Crippen MR) is 97.1 cm³/mol. The van der Waals surface area contributed by atoms with E-state index in [4.69, 9.17) is 5.26 Å². The summed E-state index contributed by atoms with van der Waals surface area (Å²) in [5, 5.41) is 11.8. The van der Waals surface area contributed by atoms with E-state index >= 15 is 0 Å². The summed E-state index contributed by atoms with van der Waals surface area (Å²) in [5.41, 5.74) is 3.41. The van der Waals surface area contributed by atoms with Gasteiger partial charge in [0.2, 0.25) is 0 Å². The zero-order valence-corrected chi connectivity index (χ0v) is 13.7. The van der Waals surface area contributed by atoms with E-state index in [1.165, 1.54) is 0 Å². The Morgan fingerprint density at radius 3 is 2.56 bits per heavy atom. The quantitative estimate of drug-likeness (QED) is 0.716. The molecule has 25 heavy (non-hydrogen) atoms. The Balaban J connectivity index is 1.81. The topological polar surface area (TPSA) is 74.9 Å². The zero-order chi connectivity index (χ0) is 17.4. The molecule has 0 spiro atoms. The molecular weight excluding hydrogens is 334 g/mol. The summed E-state index contributed by atoms with van der Waals surface area (Å²) in [6.45, 7) is 0. The summed E-state index contributed by atoms with van der Waals surface area (Å²) in [6, 6.07) is 17.2. The van der Waals surface area contributed by atoms with Crippen LogP contribution in [0.5, 0.6) is 0 Å². The van der Waals surface area contributed by atoms with E-state index in [9.17, 15) is 9.59 Å². The molecule has 0 aliphatic carbocycles. The first-order valence-electron chi connectivity index (χ1n) is 7.51. The Labute approximate surface area is 147 Å². The van der Waals surface area contributed by atoms with Crippen LogP contribution in [0.3, 0.4) is 0 Å². The predicted octanol–water partition coefficient (Wildman–Crippen LogP) is 3.83. The van der Waals surface area contributed by atoms with Gasteiger partial charge < -0.3 is 4.57 Å². The highest BCUT2D eigenvalue weighted by molar-refractivity contribution is 8.18. The molecule has 3 aromatic rings. The van der Waals surface area contributed by atoms with E-state index in [2.05, 4.69) is 11.4 Å². The number of carbonyl (C=O) groups excluding carboxylic acids is 2. The van der Waals surface area contributed by atoms with E-state index in [0.29, 0.717) is 10.5 Å². The first-order valence-corrected chi connectivity index (χ1v) is 8.33. The molecule has 0 radical (unpaired) electrons. The first kappa shape index (κ1) is 15.2. The van der Waals surface area contributed by atoms with Crippen molar-refractivity contribution in [2.75, 3.05) is 0 Å². The molecule has 0 saturated carbocycles. The lowest BCUT2D eigenvalue weighted by molar-refractivity contribution is -0.115. The zero-order valence-electron chi connectivity index (χ0n) is 12.9. The Morgan fingerprint density at radius 2 is 1.88 bits per heavy atom. The van der Waals surface area contributed by atoms with Crippen molar-refractivity contribution in [3.63, 3.8) is 0 Å². The Bertz CT molecular complexity index is 1090. The van der Waals surface area contributed by atoms with Gasteiger partial charge in [-0.2, -0.15) is 5.26 Å². The van der Waals surface area contributed by atoms with Crippen molar-refractivity contribution in [3.05, 3.63) is 70.8 Å². The average molecular weight is 345 g/mol. The van der Waals surface area contributed by atoms with Gasteiger partial charge in [0.15, 0.2) is 0 Å². The van der Waals surface area contributed by atoms with E-state index < -0.39 is 0 Å². The van der Waals surface area contributed by atoms with Crippen molar-refractivity contribution >= 4 is 39.9 Å². The normalized spacial score (nSPS) is 15.6. The van der Waals surface area contributed by atoms with Gasteiger partial charge in [-0.25, -0.2) is 0 Å². The number of nitriles is 1. The summed E-state index contributed by atoms with van der Waals surface area (Å²) in [6.07, 6.45) is 3.68. The van der Waals surface area contributed by atoms with Crippen molar-refractivity contribution in [2.24, 2.45) is 0 Å². The average Bonchev–Trinajstić information content (AvgIpc) is 3.19. The third-order valence-corrected chi connectivity index (χ3v) is 4.78. The van der Waals surface area contributed by atoms with Crippen LogP contribution in [0.25, 0.3) is 22.7 Å². The second-order valence-electron chi connectivity index (χ2n) is 5.48. The minimum absolute atomic E-state index is 0.349. The van der Waals surface area contributed by atoms with Crippen LogP contribution in [0.15, 0.2) is 59.6 Å². The Hall–Kier alpha value is -3.30. The molecule has 1 aliphatic rings. The number of fused-ring (bicyclic) bond motifs is 1. The van der Waals surface area contributed by atoms with Gasteiger partial charge in [0.1, 0.15) is 0 Å². The number of imide groups is 1. The maximum absolute atomic E-state index is 11.8. The minimum atomic E-state index is -0.362. The lowest BCUT2D eigenvalue weighted by Gasteiger charge is -2.06. The summed E-state index contributed by atoms with van der Waals surface area (Å²) >= 11 is 0.908. The minimum Gasteiger partial charge on any atom is -0.317 e. The van der Waals surface area contributed by atoms with E-state index in [0.717, 1.165) is 33.9 Å². The van der Waals surface area contributed by atoms with E-state index in [-0.39, 0.29) is 11.1 Å². The molecule has 120 valence electrons. The number of thioether (sulfide) groups is 1. The fourth-order valence-corrected chi connectivity index (χ4v) is 3.47. The van der Waals surface area contributed by atoms with Gasteiger partial charge in [0.25, 0.3) is 11.1 Å². The van der Waals surface area contributed by atoms with E-state index in [1.807, 2.05) is 47.2 Å². The molecule has 0 bridgehead atoms. The van der Waals surface area contributed by atoms with Crippen LogP contribution < -0.4 is 5.32 Å². The summed E-state index contributed by atoms with van der Waals surface area (Å²) in [5.74, 6) is -0.362. The highest BCUT2D eigenvalue weighted by Gasteiger charge is 2.25. The number of carbonyl (C=O) groups is 2. The van der Waals surface area contributed by atoms with Crippen LogP contribution in [0.2, 0.25) is 0 Å². The summed E-state index contributed by atoms with van der Waals surface area (Å²) in [7, 11) is 0. The van der Waals surface area contributed by atoms with Gasteiger partial charge in [-0.15, -0.1) is 0 Å². The largest absolute Gasteiger partial charge is 0.317 e. The third-order valence-electron chi connectivity index (χ3n) is 3.97. The Kier molecular flexibility index (Phi) is 3.64. The fourth-order valence-electron chi connectivity index (χ4n) is 2.80. The van der Waals surface area contributed by atoms with Gasteiger partial charge in [-0.05, 0) is 59.8 Å². The number of hydrogen-bond donors (Lipinski definition) is 1. The number of benzene rings is 2. The molecule has 4 rings (SSSR count). The molecule has 1 N–H and O–H groups in total. The standard InChI is InChI=1S/C19H11N3O2S/c20-11-12-4-6-14(7-5-12)22-9-8-15-13(2-1-3-16(15)22)10-17-18(23)21-19(24)25-17/h1-10H,(H,21,23,24). The number of rotatable bonds is 2. The van der Waals surface area contributed by atoms with Crippen LogP contribution in [-0.4, -0.2) is 15.7 Å². The van der Waals surface area contributed by atoms with Crippen LogP contribution in [0.1, 0.15) is 11.1 Å². The molecule has 6 heteroatoms. The number of amides is 2. The highest BCUT2D eigenvalue weighted by Crippen LogP contribution is 2.30. The highest BCUT2D eigenvalue weighted by atomic mass is 32.2. The SMILES string of the molecule is N#Cc1ccc(-n2ccc3c(C=C4SC(=O)NC4=O)cccc32)cc1. The first-order chi connectivity index (χ1) is 12.2.